The fraction of sp³-hybridized carbons (Fsp3) is 0.950. The molecule has 0 rings (SSSR count). The molecule has 0 aromatic heterocycles. The molecule has 756 valence electrons. The largest absolute Gasteiger partial charge is 0.396 e. The van der Waals surface area contributed by atoms with Crippen LogP contribution in [0.15, 0.2) is 0 Å². The first kappa shape index (κ1) is 131. The van der Waals surface area contributed by atoms with Crippen LogP contribution in [0.3, 0.4) is 0 Å². The van der Waals surface area contributed by atoms with E-state index in [2.05, 4.69) is 73.4 Å². The second-order valence-electron chi connectivity index (χ2n) is 46.1. The summed E-state index contributed by atoms with van der Waals surface area (Å²) in [7, 11) is 0. The van der Waals surface area contributed by atoms with E-state index < -0.39 is 6.04 Å². The van der Waals surface area contributed by atoms with Gasteiger partial charge >= 0.3 is 0 Å². The van der Waals surface area contributed by atoms with Crippen molar-refractivity contribution in [3.05, 3.63) is 0 Å². The minimum Gasteiger partial charge on any atom is -0.396 e. The second kappa shape index (κ2) is 69.5. The van der Waals surface area contributed by atoms with Gasteiger partial charge in [-0.05, 0) is 242 Å². The molecule has 6 atom stereocenters. The lowest BCUT2D eigenvalue weighted by Gasteiger charge is -2.30. The van der Waals surface area contributed by atoms with E-state index in [0.29, 0.717) is 119 Å². The molecular weight excluding hydrogens is 1610 g/mol. The number of carbonyl (C=O) groups is 5. The normalized spacial score (nSPS) is 14.3. The molecular formula is C100H206N6O20. The summed E-state index contributed by atoms with van der Waals surface area (Å²) in [6.45, 7) is 84.3. The van der Waals surface area contributed by atoms with Crippen molar-refractivity contribution >= 4 is 29.5 Å². The van der Waals surface area contributed by atoms with E-state index in [9.17, 15) is 44.4 Å². The Kier molecular flexibility index (Phi) is 72.4. The summed E-state index contributed by atoms with van der Waals surface area (Å²) in [6.07, 6.45) is 16.6. The molecule has 0 saturated heterocycles. The maximum Gasteiger partial charge on any atom is 0.239 e. The fourth-order valence-corrected chi connectivity index (χ4v) is 10.7. The first-order valence-electron chi connectivity index (χ1n) is 47.9. The van der Waals surface area contributed by atoms with Gasteiger partial charge in [0.05, 0.1) is 124 Å². The molecule has 26 heteroatoms. The Balaban J connectivity index is -0.000000493. The van der Waals surface area contributed by atoms with Crippen LogP contribution in [0.2, 0.25) is 0 Å². The molecule has 4 unspecified atom stereocenters. The van der Waals surface area contributed by atoms with Gasteiger partial charge in [-0.3, -0.25) is 29.3 Å². The van der Waals surface area contributed by atoms with Crippen LogP contribution >= 0.6 is 0 Å². The fourth-order valence-electron chi connectivity index (χ4n) is 10.7. The monoisotopic (exact) mass is 1810 g/mol. The maximum atomic E-state index is 12.7. The number of carbonyl (C=O) groups excluding carboxylic acids is 5. The Bertz CT molecular complexity index is 2640. The minimum atomic E-state index is -0.391. The van der Waals surface area contributed by atoms with Gasteiger partial charge in [0.15, 0.2) is 0 Å². The Hall–Kier alpha value is -3.29. The van der Waals surface area contributed by atoms with Gasteiger partial charge in [-0.1, -0.05) is 122 Å². The molecule has 26 nitrogen and oxygen atoms in total. The zero-order chi connectivity index (χ0) is 98.4. The number of unbranched alkanes of at least 4 members (excludes halogenated alkanes) is 8. The van der Waals surface area contributed by atoms with Gasteiger partial charge < -0.3 is 99.1 Å². The van der Waals surface area contributed by atoms with Gasteiger partial charge in [0.25, 0.3) is 0 Å². The smallest absolute Gasteiger partial charge is 0.239 e. The zero-order valence-electron chi connectivity index (χ0n) is 88.3. The van der Waals surface area contributed by atoms with Gasteiger partial charge in [0.1, 0.15) is 6.04 Å². The predicted octanol–water partition coefficient (Wildman–Crippen LogP) is 16.9. The van der Waals surface area contributed by atoms with Gasteiger partial charge in [-0.25, -0.2) is 0 Å². The van der Waals surface area contributed by atoms with Crippen LogP contribution in [-0.4, -0.2) is 259 Å². The molecule has 0 bridgehead atoms. The van der Waals surface area contributed by atoms with Crippen molar-refractivity contribution in [2.75, 3.05) is 158 Å². The maximum absolute atomic E-state index is 12.7. The molecule has 126 heavy (non-hydrogen) atoms. The number of ether oxygens (including phenoxy) is 11. The lowest BCUT2D eigenvalue weighted by Crippen LogP contribution is -2.54. The summed E-state index contributed by atoms with van der Waals surface area (Å²) in [5.41, 5.74) is -2.33. The van der Waals surface area contributed by atoms with E-state index in [4.69, 9.17) is 52.1 Å². The molecule has 0 spiro atoms. The van der Waals surface area contributed by atoms with Crippen molar-refractivity contribution in [2.24, 2.45) is 51.2 Å². The molecule has 0 heterocycles. The van der Waals surface area contributed by atoms with Gasteiger partial charge in [-0.15, -0.1) is 0 Å². The third-order valence-corrected chi connectivity index (χ3v) is 18.2. The molecule has 5 amide bonds. The molecule has 0 aliphatic carbocycles. The lowest BCUT2D eigenvalue weighted by atomic mass is 9.84. The highest BCUT2D eigenvalue weighted by molar-refractivity contribution is 5.83. The number of hydrogen-bond acceptors (Lipinski definition) is 21. The molecule has 10 N–H and O–H groups in total. The van der Waals surface area contributed by atoms with Crippen LogP contribution in [0.25, 0.3) is 0 Å². The summed E-state index contributed by atoms with van der Waals surface area (Å²) in [6, 6.07) is -0.391. The van der Waals surface area contributed by atoms with Crippen molar-refractivity contribution in [1.82, 2.24) is 31.9 Å². The highest BCUT2D eigenvalue weighted by Gasteiger charge is 2.30. The molecule has 0 aromatic carbocycles. The van der Waals surface area contributed by atoms with Crippen molar-refractivity contribution < 1.29 is 96.5 Å². The predicted molar refractivity (Wildman–Crippen MR) is 517 cm³/mol. The van der Waals surface area contributed by atoms with E-state index in [0.717, 1.165) is 116 Å². The van der Waals surface area contributed by atoms with Crippen LogP contribution < -0.4 is 31.9 Å². The number of aliphatic hydroxyl groups is 4. The molecule has 0 saturated carbocycles. The highest BCUT2D eigenvalue weighted by Crippen LogP contribution is 2.27. The first-order chi connectivity index (χ1) is 57.5. The Morgan fingerprint density at radius 2 is 0.540 bits per heavy atom. The Labute approximate surface area is 772 Å². The third-order valence-electron chi connectivity index (χ3n) is 18.2. The topological polar surface area (TPSA) is 340 Å². The summed E-state index contributed by atoms with van der Waals surface area (Å²) in [4.78, 5) is 60.2. The van der Waals surface area contributed by atoms with E-state index in [1.54, 1.807) is 0 Å². The highest BCUT2D eigenvalue weighted by atomic mass is 16.5. The number of rotatable bonds is 59. The van der Waals surface area contributed by atoms with E-state index in [1.165, 1.54) is 6.42 Å². The Morgan fingerprint density at radius 1 is 0.254 bits per heavy atom. The zero-order valence-corrected chi connectivity index (χ0v) is 88.3. The standard InChI is InChI=1S/C26H54N2O6.C25H51NO4.C18H37NO5.C16H33NO3.C15H31NO2/c1-24(2,3)28-22(20-34-26(7,8)9)23(30)27-13-10-11-14-31-16-17-32-15-12-21(18-29)19-33-25(4,5)6;1-23(2,3)16-21(19-30-25(7,8)9)22(28)26-15-13-11-10-12-14-20(17-27)18-29-24(4,5)6;1-17(2,3)16(21)19-8-7-9-22-10-11-23-13-15(12-20)14-24-18(4,5)6;1-15(2,3)14(19)17-10-8-7-9-13(11-18)12-20-16(4,5)6;1-14(2,3)13(17)16-11-9-7-8-10-12-18-15(4,5)6/h21-22,28-29H,10-20H2,1-9H3,(H,27,30);20-21,27H,10-19H2,1-9H3,(H,26,28);15,20H,7-14H2,1-6H3,(H,19,21);13,18H,7-12H2,1-6H3,(H,17,19);7-12H2,1-6H3,(H,16,17)/t21?,22-;20?,21-;;;/m00.../s1. The average Bonchev–Trinajstić information content (AvgIpc) is 0.884. The lowest BCUT2D eigenvalue weighted by molar-refractivity contribution is -0.131. The van der Waals surface area contributed by atoms with E-state index in [1.807, 2.05) is 208 Å². The van der Waals surface area contributed by atoms with Crippen molar-refractivity contribution in [2.45, 2.75) is 409 Å². The second-order valence-corrected chi connectivity index (χ2v) is 46.1. The summed E-state index contributed by atoms with van der Waals surface area (Å²) in [5.74, 6) is 0.709. The van der Waals surface area contributed by atoms with Gasteiger partial charge in [-0.2, -0.15) is 0 Å². The number of hydrogen-bond donors (Lipinski definition) is 10. The summed E-state index contributed by atoms with van der Waals surface area (Å²) in [5, 5.41) is 55.8. The van der Waals surface area contributed by atoms with Crippen molar-refractivity contribution in [1.29, 1.82) is 0 Å². The van der Waals surface area contributed by atoms with Gasteiger partial charge in [0, 0.05) is 124 Å². The number of nitrogens with one attached hydrogen (secondary N) is 6. The SMILES string of the molecule is CC(C)(C)C[C@@H](COC(C)(C)C)C(=O)NCCCCCCC(CO)COC(C)(C)C.CC(C)(C)N[C@@H](COC(C)(C)C)C(=O)NCCCCOCCOCCC(CO)COC(C)(C)C.CC(C)(C)OCC(CO)CCCCNC(=O)C(C)(C)C.CC(C)(C)OCC(CO)COCCOCCCNC(=O)C(C)(C)C.CC(C)(C)OCCCCCCNC(=O)C(C)(C)C. The van der Waals surface area contributed by atoms with Gasteiger partial charge in [0.2, 0.25) is 29.5 Å². The van der Waals surface area contributed by atoms with Crippen molar-refractivity contribution in [3.63, 3.8) is 0 Å². The van der Waals surface area contributed by atoms with Crippen LogP contribution in [0.1, 0.15) is 358 Å². The van der Waals surface area contributed by atoms with Crippen LogP contribution in [0, 0.1) is 51.2 Å². The minimum absolute atomic E-state index is 0.0168. The number of amides is 5. The van der Waals surface area contributed by atoms with Crippen LogP contribution in [-0.2, 0) is 76.1 Å². The number of aliphatic hydroxyl groups excluding tert-OH is 4. The van der Waals surface area contributed by atoms with Crippen molar-refractivity contribution in [3.8, 4) is 0 Å². The average molecular weight is 1810 g/mol. The molecule has 0 aliphatic heterocycles. The molecule has 0 aromatic rings. The third kappa shape index (κ3) is 98.2. The van der Waals surface area contributed by atoms with Crippen LogP contribution in [0.4, 0.5) is 0 Å². The van der Waals surface area contributed by atoms with E-state index >= 15 is 0 Å². The summed E-state index contributed by atoms with van der Waals surface area (Å²) >= 11 is 0. The molecule has 0 aliphatic rings. The molecule has 0 fully saturated rings. The molecule has 0 radical (unpaired) electrons. The quantitative estimate of drug-likeness (QED) is 0.0253. The first-order valence-corrected chi connectivity index (χ1v) is 47.9. The van der Waals surface area contributed by atoms with E-state index in [-0.39, 0.29) is 152 Å². The summed E-state index contributed by atoms with van der Waals surface area (Å²) < 4.78 is 62.4. The van der Waals surface area contributed by atoms with Crippen LogP contribution in [0.5, 0.6) is 0 Å². The Morgan fingerprint density at radius 3 is 0.913 bits per heavy atom.